The van der Waals surface area contributed by atoms with Crippen LogP contribution >= 0.6 is 0 Å². The van der Waals surface area contributed by atoms with Gasteiger partial charge in [0.15, 0.2) is 0 Å². The largest absolute Gasteiger partial charge is 0.383 e. The molecule has 0 saturated carbocycles. The lowest BCUT2D eigenvalue weighted by Gasteiger charge is -2.23. The smallest absolute Gasteiger partial charge is 0.254 e. The highest BCUT2D eigenvalue weighted by Gasteiger charge is 2.16. The molecule has 0 unspecified atom stereocenters. The van der Waals surface area contributed by atoms with Gasteiger partial charge in [0.05, 0.1) is 6.61 Å². The summed E-state index contributed by atoms with van der Waals surface area (Å²) in [4.78, 5) is 16.6. The van der Waals surface area contributed by atoms with Crippen LogP contribution in [-0.2, 0) is 11.3 Å². The second-order valence-electron chi connectivity index (χ2n) is 5.65. The van der Waals surface area contributed by atoms with Crippen LogP contribution in [0.5, 0.6) is 0 Å². The van der Waals surface area contributed by atoms with Crippen LogP contribution in [-0.4, -0.2) is 45.2 Å². The molecule has 2 rings (SSSR count). The van der Waals surface area contributed by atoms with Crippen LogP contribution in [0.2, 0.25) is 0 Å². The van der Waals surface area contributed by atoms with Gasteiger partial charge in [-0.3, -0.25) is 4.79 Å². The number of carbonyl (C=O) groups excluding carboxylic acids is 1. The number of hydrogen-bond acceptors (Lipinski definition) is 3. The third kappa shape index (κ3) is 4.83. The van der Waals surface area contributed by atoms with Gasteiger partial charge in [-0.15, -0.1) is 0 Å². The Hall–Kier alpha value is -2.33. The van der Waals surface area contributed by atoms with E-state index in [0.29, 0.717) is 25.3 Å². The van der Waals surface area contributed by atoms with E-state index in [0.717, 1.165) is 11.3 Å². The zero-order valence-corrected chi connectivity index (χ0v) is 14.0. The van der Waals surface area contributed by atoms with Crippen LogP contribution in [0.1, 0.15) is 15.9 Å². The van der Waals surface area contributed by atoms with Crippen molar-refractivity contribution in [1.29, 1.82) is 0 Å². The molecule has 0 heterocycles. The van der Waals surface area contributed by atoms with Crippen molar-refractivity contribution in [2.75, 3.05) is 39.3 Å². The van der Waals surface area contributed by atoms with Gasteiger partial charge in [-0.1, -0.05) is 30.3 Å². The normalized spacial score (nSPS) is 10.4. The van der Waals surface area contributed by atoms with Crippen molar-refractivity contribution < 1.29 is 9.53 Å². The lowest BCUT2D eigenvalue weighted by Crippen LogP contribution is -2.33. The molecule has 0 aliphatic heterocycles. The first-order valence-electron chi connectivity index (χ1n) is 7.71. The molecular formula is C19H24N2O2. The monoisotopic (exact) mass is 312 g/mol. The highest BCUT2D eigenvalue weighted by molar-refractivity contribution is 5.94. The predicted octanol–water partition coefficient (Wildman–Crippen LogP) is 3.04. The van der Waals surface area contributed by atoms with Crippen molar-refractivity contribution in [1.82, 2.24) is 4.90 Å². The van der Waals surface area contributed by atoms with E-state index < -0.39 is 0 Å². The summed E-state index contributed by atoms with van der Waals surface area (Å²) in [6, 6.07) is 17.7. The number of benzene rings is 2. The van der Waals surface area contributed by atoms with Crippen molar-refractivity contribution in [3.63, 3.8) is 0 Å². The molecule has 0 spiro atoms. The van der Waals surface area contributed by atoms with Crippen molar-refractivity contribution in [2.24, 2.45) is 0 Å². The van der Waals surface area contributed by atoms with E-state index in [1.54, 1.807) is 7.11 Å². The molecule has 0 bridgehead atoms. The van der Waals surface area contributed by atoms with Gasteiger partial charge in [-0.05, 0) is 29.8 Å². The molecule has 2 aromatic carbocycles. The molecule has 4 heteroatoms. The predicted molar refractivity (Wildman–Crippen MR) is 93.8 cm³/mol. The van der Waals surface area contributed by atoms with E-state index in [2.05, 4.69) is 0 Å². The van der Waals surface area contributed by atoms with Gasteiger partial charge in [0.2, 0.25) is 0 Å². The maximum absolute atomic E-state index is 12.8. The van der Waals surface area contributed by atoms with Crippen LogP contribution in [0.3, 0.4) is 0 Å². The molecule has 4 nitrogen and oxygen atoms in total. The highest BCUT2D eigenvalue weighted by atomic mass is 16.5. The zero-order valence-electron chi connectivity index (χ0n) is 14.0. The van der Waals surface area contributed by atoms with E-state index in [1.807, 2.05) is 78.5 Å². The Labute approximate surface area is 138 Å². The average Bonchev–Trinajstić information content (AvgIpc) is 2.59. The Kier molecular flexibility index (Phi) is 6.18. The van der Waals surface area contributed by atoms with Crippen LogP contribution in [0.15, 0.2) is 54.6 Å². The molecule has 0 aromatic heterocycles. The van der Waals surface area contributed by atoms with Crippen molar-refractivity contribution in [3.8, 4) is 0 Å². The fraction of sp³-hybridized carbons (Fsp3) is 0.316. The molecule has 0 saturated heterocycles. The number of carbonyl (C=O) groups is 1. The van der Waals surface area contributed by atoms with E-state index in [-0.39, 0.29) is 5.91 Å². The first-order valence-corrected chi connectivity index (χ1v) is 7.71. The maximum Gasteiger partial charge on any atom is 0.254 e. The molecule has 0 aliphatic rings. The molecular weight excluding hydrogens is 288 g/mol. The van der Waals surface area contributed by atoms with Gasteiger partial charge in [-0.25, -0.2) is 0 Å². The number of methoxy groups -OCH3 is 1. The Balaban J connectivity index is 2.15. The minimum absolute atomic E-state index is 0.0243. The zero-order chi connectivity index (χ0) is 16.7. The summed E-state index contributed by atoms with van der Waals surface area (Å²) in [7, 11) is 5.62. The molecule has 0 radical (unpaired) electrons. The first-order chi connectivity index (χ1) is 11.1. The fourth-order valence-corrected chi connectivity index (χ4v) is 2.34. The molecule has 0 N–H and O–H groups in total. The van der Waals surface area contributed by atoms with E-state index >= 15 is 0 Å². The van der Waals surface area contributed by atoms with Crippen molar-refractivity contribution >= 4 is 11.6 Å². The summed E-state index contributed by atoms with van der Waals surface area (Å²) in [6.07, 6.45) is 0. The standard InChI is InChI=1S/C19H24N2O2/c1-20(2)18-11-9-17(10-12-18)19(22)21(13-14-23-3)15-16-7-5-4-6-8-16/h4-12H,13-15H2,1-3H3. The third-order valence-corrected chi connectivity index (χ3v) is 3.70. The second-order valence-corrected chi connectivity index (χ2v) is 5.65. The van der Waals surface area contributed by atoms with Crippen LogP contribution < -0.4 is 4.90 Å². The van der Waals surface area contributed by atoms with Crippen LogP contribution in [0.25, 0.3) is 0 Å². The lowest BCUT2D eigenvalue weighted by atomic mass is 10.1. The summed E-state index contributed by atoms with van der Waals surface area (Å²) in [6.45, 7) is 1.67. The quantitative estimate of drug-likeness (QED) is 0.788. The first kappa shape index (κ1) is 17.0. The van der Waals surface area contributed by atoms with E-state index in [1.165, 1.54) is 0 Å². The van der Waals surface area contributed by atoms with Gasteiger partial charge in [0, 0.05) is 45.5 Å². The average molecular weight is 312 g/mol. The van der Waals surface area contributed by atoms with Gasteiger partial charge in [0.25, 0.3) is 5.91 Å². The molecule has 23 heavy (non-hydrogen) atoms. The highest BCUT2D eigenvalue weighted by Crippen LogP contribution is 2.15. The second kappa shape index (κ2) is 8.34. The van der Waals surface area contributed by atoms with Gasteiger partial charge in [-0.2, -0.15) is 0 Å². The van der Waals surface area contributed by atoms with Gasteiger partial charge in [0.1, 0.15) is 0 Å². The Morgan fingerprint density at radius 2 is 1.65 bits per heavy atom. The molecule has 0 atom stereocenters. The van der Waals surface area contributed by atoms with Crippen LogP contribution in [0.4, 0.5) is 5.69 Å². The number of amides is 1. The van der Waals surface area contributed by atoms with Crippen molar-refractivity contribution in [3.05, 3.63) is 65.7 Å². The van der Waals surface area contributed by atoms with E-state index in [4.69, 9.17) is 4.74 Å². The minimum atomic E-state index is 0.0243. The van der Waals surface area contributed by atoms with Crippen molar-refractivity contribution in [2.45, 2.75) is 6.54 Å². The number of rotatable bonds is 7. The Bertz CT molecular complexity index is 609. The summed E-state index contributed by atoms with van der Waals surface area (Å²) in [5.74, 6) is 0.0243. The Morgan fingerprint density at radius 1 is 1.00 bits per heavy atom. The van der Waals surface area contributed by atoms with Crippen LogP contribution in [0, 0.1) is 0 Å². The van der Waals surface area contributed by atoms with E-state index in [9.17, 15) is 4.79 Å². The molecule has 122 valence electrons. The summed E-state index contributed by atoms with van der Waals surface area (Å²) in [5, 5.41) is 0. The molecule has 2 aromatic rings. The molecule has 0 aliphatic carbocycles. The number of hydrogen-bond donors (Lipinski definition) is 0. The molecule has 0 fully saturated rings. The summed E-state index contributed by atoms with van der Waals surface area (Å²) >= 11 is 0. The number of nitrogens with zero attached hydrogens (tertiary/aromatic N) is 2. The fourth-order valence-electron chi connectivity index (χ4n) is 2.34. The van der Waals surface area contributed by atoms with Gasteiger partial charge >= 0.3 is 0 Å². The number of ether oxygens (including phenoxy) is 1. The topological polar surface area (TPSA) is 32.8 Å². The number of anilines is 1. The SMILES string of the molecule is COCCN(Cc1ccccc1)C(=O)c1ccc(N(C)C)cc1. The lowest BCUT2D eigenvalue weighted by molar-refractivity contribution is 0.0680. The third-order valence-electron chi connectivity index (χ3n) is 3.70. The summed E-state index contributed by atoms with van der Waals surface area (Å²) < 4.78 is 5.15. The summed E-state index contributed by atoms with van der Waals surface area (Å²) in [5.41, 5.74) is 2.89. The van der Waals surface area contributed by atoms with Gasteiger partial charge < -0.3 is 14.5 Å². The maximum atomic E-state index is 12.8. The molecule has 1 amide bonds. The minimum Gasteiger partial charge on any atom is -0.383 e. The Morgan fingerprint density at radius 3 is 2.22 bits per heavy atom.